The van der Waals surface area contributed by atoms with Gasteiger partial charge in [0.15, 0.2) is 11.9 Å². The molecule has 2 aromatic carbocycles. The number of carbonyl (C=O) groups excluding carboxylic acids is 2. The summed E-state index contributed by atoms with van der Waals surface area (Å²) in [7, 11) is 0. The van der Waals surface area contributed by atoms with Crippen LogP contribution in [0.3, 0.4) is 0 Å². The Morgan fingerprint density at radius 3 is 2.48 bits per heavy atom. The predicted octanol–water partition coefficient (Wildman–Crippen LogP) is 4.35. The van der Waals surface area contributed by atoms with Crippen molar-refractivity contribution in [3.8, 4) is 17.3 Å². The number of rotatable bonds is 5. The minimum atomic E-state index is -5.38. The molecule has 0 radical (unpaired) electrons. The van der Waals surface area contributed by atoms with Gasteiger partial charge in [-0.05, 0) is 30.3 Å². The lowest BCUT2D eigenvalue weighted by Gasteiger charge is -2.38. The maximum atomic E-state index is 14.9. The first-order chi connectivity index (χ1) is 18.9. The lowest BCUT2D eigenvalue weighted by molar-refractivity contribution is -0.190. The van der Waals surface area contributed by atoms with E-state index in [0.717, 1.165) is 27.9 Å². The molecule has 1 saturated heterocycles. The first kappa shape index (κ1) is 26.9. The van der Waals surface area contributed by atoms with Gasteiger partial charge in [0.1, 0.15) is 5.82 Å². The average Bonchev–Trinajstić information content (AvgIpc) is 3.44. The Bertz CT molecular complexity index is 1580. The second-order valence-corrected chi connectivity index (χ2v) is 8.72. The zero-order chi connectivity index (χ0) is 28.7. The summed E-state index contributed by atoms with van der Waals surface area (Å²) in [5, 5.41) is 8.04. The average molecular weight is 565 g/mol. The summed E-state index contributed by atoms with van der Waals surface area (Å²) in [5.74, 6) is -9.70. The van der Waals surface area contributed by atoms with E-state index in [9.17, 15) is 35.9 Å². The molecule has 0 aliphatic carbocycles. The van der Waals surface area contributed by atoms with E-state index in [2.05, 4.69) is 19.9 Å². The number of alkyl halides is 5. The van der Waals surface area contributed by atoms with Crippen molar-refractivity contribution in [2.24, 2.45) is 0 Å². The Labute approximate surface area is 220 Å². The smallest absolute Gasteiger partial charge is 0.463 e. The van der Waals surface area contributed by atoms with E-state index < -0.39 is 72.6 Å². The van der Waals surface area contributed by atoms with Crippen LogP contribution in [-0.4, -0.2) is 68.0 Å². The summed E-state index contributed by atoms with van der Waals surface area (Å²) < 4.78 is 92.9. The predicted molar refractivity (Wildman–Crippen MR) is 125 cm³/mol. The van der Waals surface area contributed by atoms with E-state index in [4.69, 9.17) is 4.74 Å². The molecular weight excluding hydrogens is 548 g/mol. The molecule has 0 saturated carbocycles. The number of esters is 1. The summed E-state index contributed by atoms with van der Waals surface area (Å²) in [6, 6.07) is 10.4. The third kappa shape index (κ3) is 5.39. The SMILES string of the molecule is O=C(c1cc(-n2nccn2)ccc1F)N1CCC(F)(F)[C@@H](Oc2nc3ccccc3cc2OC(=O)C(F)(F)F)C1. The third-order valence-corrected chi connectivity index (χ3v) is 6.03. The second-order valence-electron chi connectivity index (χ2n) is 8.72. The van der Waals surface area contributed by atoms with Crippen molar-refractivity contribution in [1.29, 1.82) is 0 Å². The molecule has 15 heteroatoms. The topological polar surface area (TPSA) is 99.4 Å². The molecular formula is C25H17F6N5O4. The quantitative estimate of drug-likeness (QED) is 0.262. The Kier molecular flexibility index (Phi) is 6.81. The summed E-state index contributed by atoms with van der Waals surface area (Å²) in [5.41, 5.74) is -0.0498. The van der Waals surface area contributed by atoms with Crippen LogP contribution in [0.15, 0.2) is 60.9 Å². The number of carbonyl (C=O) groups is 2. The van der Waals surface area contributed by atoms with Gasteiger partial charge in [0.25, 0.3) is 17.7 Å². The highest BCUT2D eigenvalue weighted by Gasteiger charge is 2.48. The summed E-state index contributed by atoms with van der Waals surface area (Å²) in [4.78, 5) is 30.7. The number of para-hydroxylation sites is 1. The standard InChI is InChI=1S/C25H17F6N5O4/c26-17-6-5-15(36-32-8-9-33-36)12-16(17)22(37)35-10-7-24(27,28)20(13-35)40-21-19(39-23(38)25(29,30)31)11-14-3-1-2-4-18(14)34-21/h1-6,8-9,11-12,20H,7,10,13H2/t20-/m0/s1. The van der Waals surface area contributed by atoms with E-state index in [0.29, 0.717) is 0 Å². The normalized spacial score (nSPS) is 17.1. The van der Waals surface area contributed by atoms with Crippen LogP contribution >= 0.6 is 0 Å². The number of fused-ring (bicyclic) bond motifs is 1. The molecule has 0 unspecified atom stereocenters. The van der Waals surface area contributed by atoms with Crippen LogP contribution in [0.4, 0.5) is 26.3 Å². The van der Waals surface area contributed by atoms with Gasteiger partial charge < -0.3 is 14.4 Å². The van der Waals surface area contributed by atoms with Gasteiger partial charge in [0, 0.05) is 18.4 Å². The van der Waals surface area contributed by atoms with Crippen molar-refractivity contribution in [3.05, 3.63) is 72.3 Å². The lowest BCUT2D eigenvalue weighted by atomic mass is 10.0. The van der Waals surface area contributed by atoms with Crippen molar-refractivity contribution in [2.75, 3.05) is 13.1 Å². The minimum absolute atomic E-state index is 0.155. The van der Waals surface area contributed by atoms with Crippen molar-refractivity contribution < 1.29 is 45.4 Å². The van der Waals surface area contributed by atoms with E-state index in [1.165, 1.54) is 42.7 Å². The number of halogens is 6. The highest BCUT2D eigenvalue weighted by atomic mass is 19.4. The van der Waals surface area contributed by atoms with Crippen molar-refractivity contribution >= 4 is 22.8 Å². The maximum Gasteiger partial charge on any atom is 0.491 e. The minimum Gasteiger partial charge on any atom is -0.463 e. The van der Waals surface area contributed by atoms with Crippen LogP contribution in [0.2, 0.25) is 0 Å². The van der Waals surface area contributed by atoms with Crippen LogP contribution < -0.4 is 9.47 Å². The number of likely N-dealkylation sites (tertiary alicyclic amines) is 1. The van der Waals surface area contributed by atoms with Gasteiger partial charge in [0.2, 0.25) is 0 Å². The number of hydrogen-bond donors (Lipinski definition) is 0. The highest BCUT2D eigenvalue weighted by Crippen LogP contribution is 2.37. The van der Waals surface area contributed by atoms with E-state index in [1.807, 2.05) is 0 Å². The van der Waals surface area contributed by atoms with Crippen molar-refractivity contribution in [1.82, 2.24) is 24.9 Å². The number of pyridine rings is 1. The zero-order valence-electron chi connectivity index (χ0n) is 20.1. The molecule has 1 amide bonds. The van der Waals surface area contributed by atoms with Gasteiger partial charge in [-0.25, -0.2) is 22.9 Å². The maximum absolute atomic E-state index is 14.9. The Balaban J connectivity index is 1.44. The van der Waals surface area contributed by atoms with Crippen LogP contribution in [0.25, 0.3) is 16.6 Å². The molecule has 1 atom stereocenters. The summed E-state index contributed by atoms with van der Waals surface area (Å²) >= 11 is 0. The number of nitrogens with zero attached hydrogens (tertiary/aromatic N) is 5. The number of hydrogen-bond acceptors (Lipinski definition) is 7. The number of benzene rings is 2. The van der Waals surface area contributed by atoms with Crippen molar-refractivity contribution in [3.63, 3.8) is 0 Å². The molecule has 0 bridgehead atoms. The van der Waals surface area contributed by atoms with Crippen LogP contribution in [0.5, 0.6) is 11.6 Å². The molecule has 4 aromatic rings. The Morgan fingerprint density at radius 1 is 1.02 bits per heavy atom. The van der Waals surface area contributed by atoms with E-state index >= 15 is 0 Å². The Hall–Kier alpha value is -4.69. The molecule has 0 spiro atoms. The third-order valence-electron chi connectivity index (χ3n) is 6.03. The summed E-state index contributed by atoms with van der Waals surface area (Å²) in [6.07, 6.45) is -5.69. The summed E-state index contributed by atoms with van der Waals surface area (Å²) in [6.45, 7) is -1.26. The largest absolute Gasteiger partial charge is 0.491 e. The first-order valence-electron chi connectivity index (χ1n) is 11.6. The molecule has 5 rings (SSSR count). The first-order valence-corrected chi connectivity index (χ1v) is 11.6. The van der Waals surface area contributed by atoms with Gasteiger partial charge in [0.05, 0.1) is 35.7 Å². The lowest BCUT2D eigenvalue weighted by Crippen LogP contribution is -2.55. The fourth-order valence-corrected chi connectivity index (χ4v) is 4.03. The zero-order valence-corrected chi connectivity index (χ0v) is 20.1. The van der Waals surface area contributed by atoms with E-state index in [1.54, 1.807) is 0 Å². The Morgan fingerprint density at radius 2 is 1.75 bits per heavy atom. The monoisotopic (exact) mass is 565 g/mol. The fourth-order valence-electron chi connectivity index (χ4n) is 4.03. The number of amides is 1. The molecule has 40 heavy (non-hydrogen) atoms. The second kappa shape index (κ2) is 10.1. The van der Waals surface area contributed by atoms with Gasteiger partial charge in [-0.15, -0.1) is 0 Å². The van der Waals surface area contributed by atoms with Gasteiger partial charge >= 0.3 is 12.1 Å². The number of aromatic nitrogens is 4. The number of ether oxygens (including phenoxy) is 2. The van der Waals surface area contributed by atoms with E-state index in [-0.39, 0.29) is 16.6 Å². The van der Waals surface area contributed by atoms with Gasteiger partial charge in [-0.1, -0.05) is 18.2 Å². The van der Waals surface area contributed by atoms with Gasteiger partial charge in [-0.2, -0.15) is 28.2 Å². The molecule has 208 valence electrons. The molecule has 1 aliphatic heterocycles. The fraction of sp³-hybridized carbons (Fsp3) is 0.240. The molecule has 3 heterocycles. The molecule has 1 aliphatic rings. The van der Waals surface area contributed by atoms with Gasteiger partial charge in [-0.3, -0.25) is 4.79 Å². The number of piperidine rings is 1. The van der Waals surface area contributed by atoms with Crippen molar-refractivity contribution in [2.45, 2.75) is 24.6 Å². The molecule has 1 fully saturated rings. The molecule has 9 nitrogen and oxygen atoms in total. The molecule has 2 aromatic heterocycles. The molecule has 0 N–H and O–H groups in total. The van der Waals surface area contributed by atoms with Crippen LogP contribution in [-0.2, 0) is 4.79 Å². The van der Waals surface area contributed by atoms with Crippen LogP contribution in [0, 0.1) is 5.82 Å². The highest BCUT2D eigenvalue weighted by molar-refractivity contribution is 5.95. The van der Waals surface area contributed by atoms with Crippen LogP contribution in [0.1, 0.15) is 16.8 Å².